The Kier molecular flexibility index (Phi) is 6.41. The molecule has 2 atom stereocenters. The fourth-order valence-electron chi connectivity index (χ4n) is 4.81. The van der Waals surface area contributed by atoms with Crippen LogP contribution in [0.15, 0.2) is 59.6 Å². The highest BCUT2D eigenvalue weighted by Crippen LogP contribution is 2.31. The highest BCUT2D eigenvalue weighted by Gasteiger charge is 2.30. The SMILES string of the molecule is COc1ccc(CN2[C@H](C)CN(c3ccc(-c4cc(Br)cn5ncc(C#N)c45)cn3)C[C@@H]2C)cn1. The summed E-state index contributed by atoms with van der Waals surface area (Å²) in [5.41, 5.74) is 4.38. The molecule has 0 spiro atoms. The first-order chi connectivity index (χ1) is 17.0. The molecule has 1 aliphatic heterocycles. The third kappa shape index (κ3) is 4.59. The molecule has 0 amide bonds. The summed E-state index contributed by atoms with van der Waals surface area (Å²) < 4.78 is 7.80. The quantitative estimate of drug-likeness (QED) is 0.374. The Hall–Kier alpha value is -3.48. The highest BCUT2D eigenvalue weighted by atomic mass is 79.9. The minimum absolute atomic E-state index is 0.358. The van der Waals surface area contributed by atoms with Crippen molar-refractivity contribution in [3.63, 3.8) is 0 Å². The van der Waals surface area contributed by atoms with Crippen molar-refractivity contribution in [3.05, 3.63) is 70.7 Å². The van der Waals surface area contributed by atoms with Crippen molar-refractivity contribution < 1.29 is 4.74 Å². The smallest absolute Gasteiger partial charge is 0.212 e. The summed E-state index contributed by atoms with van der Waals surface area (Å²) in [6, 6.07) is 13.1. The fourth-order valence-corrected chi connectivity index (χ4v) is 5.24. The van der Waals surface area contributed by atoms with Crippen molar-refractivity contribution in [2.75, 3.05) is 25.1 Å². The van der Waals surface area contributed by atoms with E-state index in [0.29, 0.717) is 23.5 Å². The van der Waals surface area contributed by atoms with Crippen molar-refractivity contribution in [2.24, 2.45) is 0 Å². The van der Waals surface area contributed by atoms with Crippen LogP contribution in [0.2, 0.25) is 0 Å². The van der Waals surface area contributed by atoms with E-state index in [1.807, 2.05) is 30.7 Å². The van der Waals surface area contributed by atoms with Crippen LogP contribution in [0.1, 0.15) is 25.0 Å². The molecule has 0 bridgehead atoms. The minimum Gasteiger partial charge on any atom is -0.481 e. The number of hydrogen-bond acceptors (Lipinski definition) is 7. The number of piperazine rings is 1. The molecule has 5 rings (SSSR count). The Bertz CT molecular complexity index is 1370. The zero-order valence-corrected chi connectivity index (χ0v) is 21.5. The van der Waals surface area contributed by atoms with Crippen molar-refractivity contribution in [2.45, 2.75) is 32.5 Å². The first-order valence-electron chi connectivity index (χ1n) is 11.5. The molecule has 1 fully saturated rings. The van der Waals surface area contributed by atoms with Gasteiger partial charge < -0.3 is 9.64 Å². The van der Waals surface area contributed by atoms with E-state index in [0.717, 1.165) is 46.6 Å². The van der Waals surface area contributed by atoms with Gasteiger partial charge in [-0.05, 0) is 53.5 Å². The lowest BCUT2D eigenvalue weighted by Gasteiger charge is -2.45. The Morgan fingerprint density at radius 2 is 1.89 bits per heavy atom. The Balaban J connectivity index is 1.34. The van der Waals surface area contributed by atoms with Gasteiger partial charge in [0.05, 0.1) is 24.4 Å². The summed E-state index contributed by atoms with van der Waals surface area (Å²) in [7, 11) is 1.63. The molecule has 5 heterocycles. The van der Waals surface area contributed by atoms with Crippen molar-refractivity contribution in [1.82, 2.24) is 24.5 Å². The molecule has 0 aliphatic carbocycles. The van der Waals surface area contributed by atoms with Gasteiger partial charge in [-0.25, -0.2) is 14.5 Å². The van der Waals surface area contributed by atoms with Gasteiger partial charge in [0.15, 0.2) is 0 Å². The molecular formula is C26H26BrN7O. The lowest BCUT2D eigenvalue weighted by Crippen LogP contribution is -2.56. The second-order valence-electron chi connectivity index (χ2n) is 8.92. The number of ether oxygens (including phenoxy) is 1. The summed E-state index contributed by atoms with van der Waals surface area (Å²) in [4.78, 5) is 14.0. The second-order valence-corrected chi connectivity index (χ2v) is 9.84. The van der Waals surface area contributed by atoms with Gasteiger partial charge in [0.25, 0.3) is 0 Å². The van der Waals surface area contributed by atoms with E-state index in [1.54, 1.807) is 17.8 Å². The van der Waals surface area contributed by atoms with Crippen LogP contribution < -0.4 is 9.64 Å². The molecule has 4 aromatic heterocycles. The topological polar surface area (TPSA) is 82.6 Å². The van der Waals surface area contributed by atoms with E-state index in [1.165, 1.54) is 5.56 Å². The third-order valence-corrected chi connectivity index (χ3v) is 6.99. The summed E-state index contributed by atoms with van der Waals surface area (Å²) >= 11 is 3.55. The normalized spacial score (nSPS) is 18.5. The summed E-state index contributed by atoms with van der Waals surface area (Å²) in [6.45, 7) is 7.15. The first kappa shape index (κ1) is 23.3. The van der Waals surface area contributed by atoms with Gasteiger partial charge >= 0.3 is 0 Å². The number of nitriles is 1. The molecule has 0 aromatic carbocycles. The second kappa shape index (κ2) is 9.64. The highest BCUT2D eigenvalue weighted by molar-refractivity contribution is 9.10. The number of nitrogens with zero attached hydrogens (tertiary/aromatic N) is 7. The zero-order chi connectivity index (χ0) is 24.5. The molecule has 178 valence electrons. The number of pyridine rings is 3. The monoisotopic (exact) mass is 531 g/mol. The molecule has 9 heteroatoms. The zero-order valence-electron chi connectivity index (χ0n) is 19.9. The molecule has 8 nitrogen and oxygen atoms in total. The van der Waals surface area contributed by atoms with E-state index < -0.39 is 0 Å². The Morgan fingerprint density at radius 3 is 2.51 bits per heavy atom. The number of methoxy groups -OCH3 is 1. The molecule has 4 aromatic rings. The minimum atomic E-state index is 0.358. The van der Waals surface area contributed by atoms with Gasteiger partial charge in [-0.2, -0.15) is 10.4 Å². The standard InChI is InChI=1S/C26H26BrN7O/c1-17-13-32(14-18(2)33(17)15-19-4-7-25(35-3)30-10-19)24-6-5-20(11-29-24)23-8-22(27)16-34-26(23)21(9-28)12-31-34/h4-8,10-12,16-18H,13-15H2,1-3H3/t17-,18+. The predicted molar refractivity (Wildman–Crippen MR) is 138 cm³/mol. The van der Waals surface area contributed by atoms with E-state index in [2.05, 4.69) is 73.9 Å². The molecule has 0 saturated carbocycles. The maximum atomic E-state index is 9.52. The number of halogens is 1. The lowest BCUT2D eigenvalue weighted by molar-refractivity contribution is 0.122. The average Bonchev–Trinajstić information content (AvgIpc) is 3.29. The van der Waals surface area contributed by atoms with Gasteiger partial charge in [-0.1, -0.05) is 6.07 Å². The Morgan fingerprint density at radius 1 is 1.09 bits per heavy atom. The van der Waals surface area contributed by atoms with Gasteiger partial charge in [0, 0.05) is 72.0 Å². The van der Waals surface area contributed by atoms with Gasteiger partial charge in [-0.3, -0.25) is 4.90 Å². The number of anilines is 1. The van der Waals surface area contributed by atoms with Crippen molar-refractivity contribution in [3.8, 4) is 23.1 Å². The molecule has 1 aliphatic rings. The predicted octanol–water partition coefficient (Wildman–Crippen LogP) is 4.53. The number of fused-ring (bicyclic) bond motifs is 1. The molecule has 0 unspecified atom stereocenters. The Labute approximate surface area is 212 Å². The third-order valence-electron chi connectivity index (χ3n) is 6.56. The van der Waals surface area contributed by atoms with Crippen LogP contribution in [-0.4, -0.2) is 56.8 Å². The van der Waals surface area contributed by atoms with Crippen LogP contribution in [0.3, 0.4) is 0 Å². The van der Waals surface area contributed by atoms with E-state index in [-0.39, 0.29) is 0 Å². The van der Waals surface area contributed by atoms with E-state index in [9.17, 15) is 5.26 Å². The first-order valence-corrected chi connectivity index (χ1v) is 12.3. The van der Waals surface area contributed by atoms with Gasteiger partial charge in [0.2, 0.25) is 5.88 Å². The maximum Gasteiger partial charge on any atom is 0.212 e. The van der Waals surface area contributed by atoms with Crippen molar-refractivity contribution >= 4 is 27.3 Å². The fraction of sp³-hybridized carbons (Fsp3) is 0.308. The van der Waals surface area contributed by atoms with Crippen LogP contribution in [0.4, 0.5) is 5.82 Å². The summed E-state index contributed by atoms with van der Waals surface area (Å²) in [5.74, 6) is 1.59. The molecular weight excluding hydrogens is 506 g/mol. The number of rotatable bonds is 5. The summed E-state index contributed by atoms with van der Waals surface area (Å²) in [5, 5.41) is 13.8. The van der Waals surface area contributed by atoms with Crippen LogP contribution >= 0.6 is 15.9 Å². The lowest BCUT2D eigenvalue weighted by atomic mass is 10.0. The molecule has 35 heavy (non-hydrogen) atoms. The van der Waals surface area contributed by atoms with Crippen LogP contribution in [-0.2, 0) is 6.54 Å². The van der Waals surface area contributed by atoms with Gasteiger partial charge in [-0.15, -0.1) is 0 Å². The molecule has 0 radical (unpaired) electrons. The van der Waals surface area contributed by atoms with Crippen LogP contribution in [0.5, 0.6) is 5.88 Å². The summed E-state index contributed by atoms with van der Waals surface area (Å²) in [6.07, 6.45) is 7.22. The van der Waals surface area contributed by atoms with Gasteiger partial charge in [0.1, 0.15) is 11.9 Å². The number of aromatic nitrogens is 4. The largest absolute Gasteiger partial charge is 0.481 e. The maximum absolute atomic E-state index is 9.52. The van der Waals surface area contributed by atoms with Crippen LogP contribution in [0.25, 0.3) is 16.6 Å². The van der Waals surface area contributed by atoms with E-state index >= 15 is 0 Å². The van der Waals surface area contributed by atoms with Crippen molar-refractivity contribution in [1.29, 1.82) is 5.26 Å². The van der Waals surface area contributed by atoms with E-state index in [4.69, 9.17) is 9.72 Å². The van der Waals surface area contributed by atoms with Crippen LogP contribution in [0, 0.1) is 11.3 Å². The number of hydrogen-bond donors (Lipinski definition) is 0. The molecule has 0 N–H and O–H groups in total. The average molecular weight is 532 g/mol. The molecule has 1 saturated heterocycles.